The van der Waals surface area contributed by atoms with Crippen molar-refractivity contribution in [3.05, 3.63) is 54.6 Å². The van der Waals surface area contributed by atoms with E-state index < -0.39 is 0 Å². The molecule has 4 rings (SSSR count). The van der Waals surface area contributed by atoms with Gasteiger partial charge in [0.25, 0.3) is 0 Å². The molecule has 1 saturated heterocycles. The Morgan fingerprint density at radius 1 is 0.905 bits per heavy atom. The fraction of sp³-hybridized carbons (Fsp3) is 0.278. The van der Waals surface area contributed by atoms with Crippen LogP contribution in [0.5, 0.6) is 0 Å². The van der Waals surface area contributed by atoms with Gasteiger partial charge in [-0.05, 0) is 38.1 Å². The van der Waals surface area contributed by atoms with Gasteiger partial charge < -0.3 is 9.88 Å². The molecule has 21 heavy (non-hydrogen) atoms. The Morgan fingerprint density at radius 2 is 1.62 bits per heavy atom. The number of hydrogen-bond acceptors (Lipinski definition) is 2. The Balaban J connectivity index is 1.92. The first-order chi connectivity index (χ1) is 10.4. The predicted molar refractivity (Wildman–Crippen MR) is 86.3 cm³/mol. The van der Waals surface area contributed by atoms with Gasteiger partial charge in [-0.3, -0.25) is 0 Å². The van der Waals surface area contributed by atoms with Crippen molar-refractivity contribution >= 4 is 11.0 Å². The van der Waals surface area contributed by atoms with Gasteiger partial charge in [0.05, 0.1) is 11.0 Å². The van der Waals surface area contributed by atoms with Crippen molar-refractivity contribution in [2.75, 3.05) is 13.1 Å². The van der Waals surface area contributed by atoms with Gasteiger partial charge in [0.15, 0.2) is 0 Å². The molecule has 0 aliphatic carbocycles. The van der Waals surface area contributed by atoms with Crippen LogP contribution in [0.25, 0.3) is 22.4 Å². The summed E-state index contributed by atoms with van der Waals surface area (Å²) in [5.41, 5.74) is 3.55. The standard InChI is InChI=1S/C18H19N3/c1-2-6-14(7-3-1)18-20-16-8-4-5-9-17(16)21(18)15-10-12-19-13-11-15/h1-9,15,19H,10-13H2. The molecule has 3 heteroatoms. The summed E-state index contributed by atoms with van der Waals surface area (Å²) in [6, 6.07) is 19.5. The molecule has 0 bridgehead atoms. The molecule has 106 valence electrons. The zero-order valence-corrected chi connectivity index (χ0v) is 12.0. The second kappa shape index (κ2) is 5.34. The largest absolute Gasteiger partial charge is 0.321 e. The number of piperidine rings is 1. The Morgan fingerprint density at radius 3 is 2.43 bits per heavy atom. The van der Waals surface area contributed by atoms with Gasteiger partial charge in [0.1, 0.15) is 5.82 Å². The summed E-state index contributed by atoms with van der Waals surface area (Å²) in [6.45, 7) is 2.18. The quantitative estimate of drug-likeness (QED) is 0.775. The van der Waals surface area contributed by atoms with E-state index in [1.807, 2.05) is 0 Å². The molecule has 0 radical (unpaired) electrons. The molecule has 1 N–H and O–H groups in total. The number of aromatic nitrogens is 2. The molecule has 0 saturated carbocycles. The molecule has 3 nitrogen and oxygen atoms in total. The second-order valence-electron chi connectivity index (χ2n) is 5.64. The molecule has 2 heterocycles. The zero-order chi connectivity index (χ0) is 14.1. The molecule has 1 aliphatic rings. The minimum absolute atomic E-state index is 0.536. The normalized spacial score (nSPS) is 16.4. The number of benzene rings is 2. The molecule has 0 atom stereocenters. The Bertz CT molecular complexity index is 740. The molecule has 0 amide bonds. The number of imidazole rings is 1. The highest BCUT2D eigenvalue weighted by Gasteiger charge is 2.21. The fourth-order valence-electron chi connectivity index (χ4n) is 3.27. The average molecular weight is 277 g/mol. The lowest BCUT2D eigenvalue weighted by Gasteiger charge is -2.26. The molecule has 0 spiro atoms. The van der Waals surface area contributed by atoms with E-state index in [4.69, 9.17) is 4.98 Å². The summed E-state index contributed by atoms with van der Waals surface area (Å²) >= 11 is 0. The fourth-order valence-corrected chi connectivity index (χ4v) is 3.27. The van der Waals surface area contributed by atoms with E-state index in [0.29, 0.717) is 6.04 Å². The van der Waals surface area contributed by atoms with Crippen molar-refractivity contribution in [3.8, 4) is 11.4 Å². The topological polar surface area (TPSA) is 29.9 Å². The maximum atomic E-state index is 4.90. The number of fused-ring (bicyclic) bond motifs is 1. The molecular formula is C18H19N3. The lowest BCUT2D eigenvalue weighted by molar-refractivity contribution is 0.377. The minimum Gasteiger partial charge on any atom is -0.321 e. The van der Waals surface area contributed by atoms with Crippen LogP contribution in [0.3, 0.4) is 0 Å². The summed E-state index contributed by atoms with van der Waals surface area (Å²) in [4.78, 5) is 4.90. The molecule has 3 aromatic rings. The van der Waals surface area contributed by atoms with Gasteiger partial charge >= 0.3 is 0 Å². The van der Waals surface area contributed by atoms with Gasteiger partial charge in [0.2, 0.25) is 0 Å². The number of nitrogens with zero attached hydrogens (tertiary/aromatic N) is 2. The van der Waals surface area contributed by atoms with Crippen LogP contribution in [0.4, 0.5) is 0 Å². The summed E-state index contributed by atoms with van der Waals surface area (Å²) in [5.74, 6) is 1.10. The van der Waals surface area contributed by atoms with Crippen molar-refractivity contribution in [3.63, 3.8) is 0 Å². The molecular weight excluding hydrogens is 258 g/mol. The van der Waals surface area contributed by atoms with Crippen LogP contribution in [0.2, 0.25) is 0 Å². The van der Waals surface area contributed by atoms with Crippen LogP contribution < -0.4 is 5.32 Å². The summed E-state index contributed by atoms with van der Waals surface area (Å²) in [7, 11) is 0. The first kappa shape index (κ1) is 12.6. The highest BCUT2D eigenvalue weighted by Crippen LogP contribution is 2.31. The predicted octanol–water partition coefficient (Wildman–Crippen LogP) is 3.63. The van der Waals surface area contributed by atoms with E-state index in [-0.39, 0.29) is 0 Å². The summed E-state index contributed by atoms with van der Waals surface area (Å²) in [6.07, 6.45) is 2.33. The first-order valence-electron chi connectivity index (χ1n) is 7.66. The average Bonchev–Trinajstić information content (AvgIpc) is 2.96. The lowest BCUT2D eigenvalue weighted by Crippen LogP contribution is -2.29. The summed E-state index contributed by atoms with van der Waals surface area (Å²) < 4.78 is 2.45. The van der Waals surface area contributed by atoms with Crippen LogP contribution >= 0.6 is 0 Å². The van der Waals surface area contributed by atoms with Gasteiger partial charge in [0, 0.05) is 11.6 Å². The van der Waals surface area contributed by atoms with Crippen molar-refractivity contribution in [2.45, 2.75) is 18.9 Å². The number of para-hydroxylation sites is 2. The first-order valence-corrected chi connectivity index (χ1v) is 7.66. The molecule has 2 aromatic carbocycles. The number of hydrogen-bond donors (Lipinski definition) is 1. The SMILES string of the molecule is c1ccc(-c2nc3ccccc3n2C2CCNCC2)cc1. The Labute approximate surface area is 124 Å². The molecule has 1 fully saturated rings. The van der Waals surface area contributed by atoms with Gasteiger partial charge in [-0.1, -0.05) is 42.5 Å². The second-order valence-corrected chi connectivity index (χ2v) is 5.64. The van der Waals surface area contributed by atoms with Crippen molar-refractivity contribution in [1.82, 2.24) is 14.9 Å². The van der Waals surface area contributed by atoms with Crippen molar-refractivity contribution in [1.29, 1.82) is 0 Å². The van der Waals surface area contributed by atoms with Crippen LogP contribution in [0.1, 0.15) is 18.9 Å². The maximum Gasteiger partial charge on any atom is 0.141 e. The van der Waals surface area contributed by atoms with Crippen LogP contribution in [0.15, 0.2) is 54.6 Å². The molecule has 0 unspecified atom stereocenters. The van der Waals surface area contributed by atoms with Gasteiger partial charge in [-0.25, -0.2) is 4.98 Å². The molecule has 1 aliphatic heterocycles. The highest BCUT2D eigenvalue weighted by atomic mass is 15.1. The molecule has 1 aromatic heterocycles. The van der Waals surface area contributed by atoms with Crippen LogP contribution in [-0.2, 0) is 0 Å². The lowest BCUT2D eigenvalue weighted by atomic mass is 10.1. The third-order valence-corrected chi connectivity index (χ3v) is 4.30. The highest BCUT2D eigenvalue weighted by molar-refractivity contribution is 5.80. The Hall–Kier alpha value is -2.13. The Kier molecular flexibility index (Phi) is 3.20. The maximum absolute atomic E-state index is 4.90. The van der Waals surface area contributed by atoms with E-state index in [2.05, 4.69) is 64.5 Å². The van der Waals surface area contributed by atoms with E-state index in [9.17, 15) is 0 Å². The smallest absolute Gasteiger partial charge is 0.141 e. The van der Waals surface area contributed by atoms with Crippen molar-refractivity contribution in [2.24, 2.45) is 0 Å². The third-order valence-electron chi connectivity index (χ3n) is 4.30. The number of nitrogens with one attached hydrogen (secondary N) is 1. The van der Waals surface area contributed by atoms with E-state index in [0.717, 1.165) is 24.4 Å². The summed E-state index contributed by atoms with van der Waals surface area (Å²) in [5, 5.41) is 3.45. The van der Waals surface area contributed by atoms with E-state index >= 15 is 0 Å². The van der Waals surface area contributed by atoms with E-state index in [1.54, 1.807) is 0 Å². The third kappa shape index (κ3) is 2.24. The monoisotopic (exact) mass is 277 g/mol. The van der Waals surface area contributed by atoms with Gasteiger partial charge in [-0.2, -0.15) is 0 Å². The van der Waals surface area contributed by atoms with Crippen molar-refractivity contribution < 1.29 is 0 Å². The zero-order valence-electron chi connectivity index (χ0n) is 12.0. The van der Waals surface area contributed by atoms with Crippen LogP contribution in [-0.4, -0.2) is 22.6 Å². The van der Waals surface area contributed by atoms with E-state index in [1.165, 1.54) is 23.9 Å². The van der Waals surface area contributed by atoms with Crippen LogP contribution in [0, 0.1) is 0 Å². The number of rotatable bonds is 2. The minimum atomic E-state index is 0.536. The van der Waals surface area contributed by atoms with Gasteiger partial charge in [-0.15, -0.1) is 0 Å².